The first-order valence-corrected chi connectivity index (χ1v) is 14.2. The van der Waals surface area contributed by atoms with Gasteiger partial charge in [0.15, 0.2) is 6.29 Å². The van der Waals surface area contributed by atoms with E-state index in [2.05, 4.69) is 19.6 Å². The number of hydrogen-bond donors (Lipinski definition) is 3. The fourth-order valence-corrected chi connectivity index (χ4v) is 6.15. The van der Waals surface area contributed by atoms with Gasteiger partial charge in [0, 0.05) is 18.9 Å². The molecule has 0 aromatic heterocycles. The highest BCUT2D eigenvalue weighted by Crippen LogP contribution is 2.47. The third-order valence-corrected chi connectivity index (χ3v) is 8.30. The van der Waals surface area contributed by atoms with E-state index in [0.29, 0.717) is 25.2 Å². The van der Waals surface area contributed by atoms with Crippen LogP contribution in [0.4, 0.5) is 0 Å². The van der Waals surface area contributed by atoms with Gasteiger partial charge in [-0.2, -0.15) is 0 Å². The van der Waals surface area contributed by atoms with E-state index in [1.54, 1.807) is 12.2 Å². The topological polar surface area (TPSA) is 131 Å². The van der Waals surface area contributed by atoms with Gasteiger partial charge in [0.1, 0.15) is 30.0 Å². The second-order valence-corrected chi connectivity index (χ2v) is 12.0. The van der Waals surface area contributed by atoms with E-state index in [9.17, 15) is 20.1 Å². The van der Waals surface area contributed by atoms with Crippen molar-refractivity contribution in [2.24, 2.45) is 5.92 Å². The molecular formula is C30H42O9. The van der Waals surface area contributed by atoms with Crippen LogP contribution in [-0.4, -0.2) is 88.1 Å². The van der Waals surface area contributed by atoms with Crippen LogP contribution in [0.25, 0.3) is 0 Å². The van der Waals surface area contributed by atoms with Crippen LogP contribution in [0.2, 0.25) is 0 Å². The standard InChI is InChI=1S/C30H42O9/c1-17-12-18(2)14-23(32)27-25(38-27)15-24(22(31)11-10-21-16-30(3)28(39-30)29(34)36-21)37-26(33)9-5-7-19-6-4-8-20(13-17)35-19/h4-6,9-11,17,19-25,27-29,31-32,34H,2,7-8,12-16H2,1,3H3/b9-5-,11-10+/t17-,19-,20-,21+,22-,23-,24-,25-,27-,28-,29-,30+/m0/s1. The predicted molar refractivity (Wildman–Crippen MR) is 141 cm³/mol. The minimum atomic E-state index is -1.14. The van der Waals surface area contributed by atoms with E-state index < -0.39 is 48.4 Å². The zero-order valence-electron chi connectivity index (χ0n) is 22.8. The summed E-state index contributed by atoms with van der Waals surface area (Å²) in [6.07, 6.45) is 9.42. The Balaban J connectivity index is 1.26. The summed E-state index contributed by atoms with van der Waals surface area (Å²) >= 11 is 0. The van der Waals surface area contributed by atoms with Crippen LogP contribution in [-0.2, 0) is 28.5 Å². The van der Waals surface area contributed by atoms with Crippen LogP contribution in [0.1, 0.15) is 58.8 Å². The van der Waals surface area contributed by atoms with Crippen LogP contribution in [0.3, 0.4) is 0 Å². The Bertz CT molecular complexity index is 991. The highest BCUT2D eigenvalue weighted by molar-refractivity contribution is 5.82. The zero-order valence-corrected chi connectivity index (χ0v) is 22.8. The molecule has 9 heteroatoms. The van der Waals surface area contributed by atoms with Crippen molar-refractivity contribution in [1.82, 2.24) is 0 Å². The molecule has 2 bridgehead atoms. The van der Waals surface area contributed by atoms with Crippen molar-refractivity contribution in [3.8, 4) is 0 Å². The van der Waals surface area contributed by atoms with Crippen LogP contribution in [0.5, 0.6) is 0 Å². The molecule has 9 nitrogen and oxygen atoms in total. The lowest BCUT2D eigenvalue weighted by Crippen LogP contribution is -2.38. The molecule has 3 fully saturated rings. The normalized spacial score (nSPS) is 46.8. The van der Waals surface area contributed by atoms with Gasteiger partial charge in [0.05, 0.1) is 30.5 Å². The van der Waals surface area contributed by atoms with Gasteiger partial charge in [0.25, 0.3) is 0 Å². The molecule has 12 atom stereocenters. The van der Waals surface area contributed by atoms with E-state index >= 15 is 0 Å². The number of carbonyl (C=O) groups is 1. The molecule has 5 aliphatic rings. The SMILES string of the molecule is C=C1C[C@H](C)C[C@@H]2CC=C[C@@H](C/C=C\C(=O)O[C@H]([C@@H](O)/C=C/[C@@H]3C[C@@]4(C)O[C@H]4[C@@H](O)O3)C[C@@H]3O[C@H]3[C@@H](O)C1)O2. The Morgan fingerprint density at radius 3 is 2.74 bits per heavy atom. The second-order valence-electron chi connectivity index (χ2n) is 12.0. The first-order valence-electron chi connectivity index (χ1n) is 14.2. The lowest BCUT2D eigenvalue weighted by Gasteiger charge is -2.28. The van der Waals surface area contributed by atoms with E-state index in [0.717, 1.165) is 24.8 Å². The van der Waals surface area contributed by atoms with Gasteiger partial charge in [-0.1, -0.05) is 49.5 Å². The summed E-state index contributed by atoms with van der Waals surface area (Å²) in [5.41, 5.74) is 0.534. The Kier molecular flexibility index (Phi) is 8.78. The lowest BCUT2D eigenvalue weighted by atomic mass is 9.91. The van der Waals surface area contributed by atoms with Crippen molar-refractivity contribution < 1.29 is 43.8 Å². The summed E-state index contributed by atoms with van der Waals surface area (Å²) in [5.74, 6) is -0.210. The molecule has 5 heterocycles. The molecule has 0 aliphatic carbocycles. The number of esters is 1. The smallest absolute Gasteiger partial charge is 0.330 e. The van der Waals surface area contributed by atoms with Crippen LogP contribution >= 0.6 is 0 Å². The maximum atomic E-state index is 12.7. The molecule has 5 rings (SSSR count). The van der Waals surface area contributed by atoms with Gasteiger partial charge in [-0.25, -0.2) is 4.79 Å². The van der Waals surface area contributed by atoms with Gasteiger partial charge in [-0.15, -0.1) is 0 Å². The minimum absolute atomic E-state index is 0.101. The number of hydrogen-bond acceptors (Lipinski definition) is 9. The molecule has 0 aromatic carbocycles. The lowest BCUT2D eigenvalue weighted by molar-refractivity contribution is -0.148. The van der Waals surface area contributed by atoms with E-state index in [1.165, 1.54) is 12.2 Å². The molecule has 216 valence electrons. The predicted octanol–water partition coefficient (Wildman–Crippen LogP) is 2.63. The zero-order chi connectivity index (χ0) is 27.7. The third-order valence-electron chi connectivity index (χ3n) is 8.30. The molecule has 0 aromatic rings. The van der Waals surface area contributed by atoms with Crippen LogP contribution in [0.15, 0.2) is 48.6 Å². The molecule has 39 heavy (non-hydrogen) atoms. The quantitative estimate of drug-likeness (QED) is 0.278. The number of cyclic esters (lactones) is 1. The molecule has 3 N–H and O–H groups in total. The Morgan fingerprint density at radius 1 is 1.13 bits per heavy atom. The molecular weight excluding hydrogens is 504 g/mol. The summed E-state index contributed by atoms with van der Waals surface area (Å²) in [7, 11) is 0. The van der Waals surface area contributed by atoms with Gasteiger partial charge in [-0.05, 0) is 44.9 Å². The highest BCUT2D eigenvalue weighted by Gasteiger charge is 2.61. The summed E-state index contributed by atoms with van der Waals surface area (Å²) < 4.78 is 28.7. The first-order chi connectivity index (χ1) is 18.6. The monoisotopic (exact) mass is 546 g/mol. The molecule has 0 amide bonds. The average molecular weight is 547 g/mol. The average Bonchev–Trinajstić information content (AvgIpc) is 3.77. The highest BCUT2D eigenvalue weighted by atomic mass is 16.7. The molecule has 0 spiro atoms. The van der Waals surface area contributed by atoms with Gasteiger partial charge in [0.2, 0.25) is 0 Å². The van der Waals surface area contributed by atoms with Crippen molar-refractivity contribution in [3.63, 3.8) is 0 Å². The fraction of sp³-hybridized carbons (Fsp3) is 0.700. The van der Waals surface area contributed by atoms with Crippen molar-refractivity contribution in [3.05, 3.63) is 48.6 Å². The van der Waals surface area contributed by atoms with Gasteiger partial charge >= 0.3 is 5.97 Å². The molecule has 5 aliphatic heterocycles. The number of epoxide rings is 2. The number of aliphatic hydroxyl groups excluding tert-OH is 3. The molecule has 0 saturated carbocycles. The number of ether oxygens (including phenoxy) is 5. The van der Waals surface area contributed by atoms with Crippen molar-refractivity contribution in [1.29, 1.82) is 0 Å². The molecule has 0 radical (unpaired) electrons. The summed E-state index contributed by atoms with van der Waals surface area (Å²) in [6.45, 7) is 8.27. The summed E-state index contributed by atoms with van der Waals surface area (Å²) in [5, 5.41) is 31.8. The number of rotatable bonds is 3. The summed E-state index contributed by atoms with van der Waals surface area (Å²) in [4.78, 5) is 12.7. The Labute approximate surface area is 230 Å². The van der Waals surface area contributed by atoms with Crippen LogP contribution < -0.4 is 0 Å². The van der Waals surface area contributed by atoms with Gasteiger partial charge < -0.3 is 39.0 Å². The first kappa shape index (κ1) is 28.7. The van der Waals surface area contributed by atoms with Gasteiger partial charge in [-0.3, -0.25) is 0 Å². The maximum Gasteiger partial charge on any atom is 0.330 e. The summed E-state index contributed by atoms with van der Waals surface area (Å²) in [6, 6.07) is 0. The second kappa shape index (κ2) is 11.9. The molecule has 0 unspecified atom stereocenters. The Morgan fingerprint density at radius 2 is 1.95 bits per heavy atom. The Hall–Kier alpha value is -1.85. The number of fused-ring (bicyclic) bond motifs is 4. The van der Waals surface area contributed by atoms with E-state index in [-0.39, 0.29) is 30.8 Å². The largest absolute Gasteiger partial charge is 0.456 e. The molecule has 3 saturated heterocycles. The minimum Gasteiger partial charge on any atom is -0.456 e. The van der Waals surface area contributed by atoms with Crippen molar-refractivity contribution in [2.45, 2.75) is 126 Å². The maximum absolute atomic E-state index is 12.7. The van der Waals surface area contributed by atoms with Crippen molar-refractivity contribution >= 4 is 5.97 Å². The fourth-order valence-electron chi connectivity index (χ4n) is 6.15. The van der Waals surface area contributed by atoms with E-state index in [1.807, 2.05) is 13.0 Å². The van der Waals surface area contributed by atoms with E-state index in [4.69, 9.17) is 23.7 Å². The third kappa shape index (κ3) is 7.47. The van der Waals surface area contributed by atoms with Crippen molar-refractivity contribution in [2.75, 3.05) is 0 Å². The number of carbonyl (C=O) groups excluding carboxylic acids is 1. The number of aliphatic hydroxyl groups is 3. The van der Waals surface area contributed by atoms with Crippen LogP contribution in [0, 0.1) is 5.92 Å².